The van der Waals surface area contributed by atoms with Crippen LogP contribution in [0.3, 0.4) is 0 Å². The predicted molar refractivity (Wildman–Crippen MR) is 65.4 cm³/mol. The normalized spacial score (nSPS) is 30.2. The molecule has 0 saturated carbocycles. The van der Waals surface area contributed by atoms with Crippen molar-refractivity contribution in [3.05, 3.63) is 18.1 Å². The lowest BCUT2D eigenvalue weighted by molar-refractivity contribution is -0.0512. The number of aromatic nitrogens is 4. The minimum atomic E-state index is -1.19. The molecular weight excluding hydrogens is 266 g/mol. The summed E-state index contributed by atoms with van der Waals surface area (Å²) < 4.78 is 8.63. The minimum Gasteiger partial charge on any atom is -0.394 e. The van der Waals surface area contributed by atoms with Crippen LogP contribution in [0.5, 0.6) is 0 Å². The number of aliphatic hydroxyl groups is 3. The highest BCUT2D eigenvalue weighted by Gasteiger charge is 2.43. The molecule has 20 heavy (non-hydrogen) atoms. The molecule has 3 heterocycles. The van der Waals surface area contributed by atoms with E-state index in [1.54, 1.807) is 11.6 Å². The largest absolute Gasteiger partial charge is 0.394 e. The van der Waals surface area contributed by atoms with E-state index in [1.807, 2.05) is 0 Å². The first-order valence-electron chi connectivity index (χ1n) is 6.09. The Hall–Kier alpha value is -1.81. The van der Waals surface area contributed by atoms with E-state index in [1.165, 1.54) is 17.2 Å². The van der Waals surface area contributed by atoms with Crippen LogP contribution in [0, 0.1) is 5.41 Å². The van der Waals surface area contributed by atoms with Crippen molar-refractivity contribution in [3.8, 4) is 0 Å². The fraction of sp³-hybridized carbons (Fsp3) is 0.545. The molecule has 9 heteroatoms. The Balaban J connectivity index is 2.12. The molecule has 0 aromatic carbocycles. The lowest BCUT2D eigenvalue weighted by Gasteiger charge is -2.17. The van der Waals surface area contributed by atoms with Gasteiger partial charge in [-0.05, 0) is 0 Å². The van der Waals surface area contributed by atoms with Crippen LogP contribution in [0.1, 0.15) is 6.23 Å². The Morgan fingerprint density at radius 3 is 2.70 bits per heavy atom. The molecule has 0 radical (unpaired) electrons. The van der Waals surface area contributed by atoms with Crippen molar-refractivity contribution in [2.24, 2.45) is 7.05 Å². The second-order valence-corrected chi connectivity index (χ2v) is 4.76. The molecule has 1 fully saturated rings. The van der Waals surface area contributed by atoms with Gasteiger partial charge in [0.2, 0.25) is 0 Å². The number of ether oxygens (including phenoxy) is 1. The van der Waals surface area contributed by atoms with Gasteiger partial charge in [-0.2, -0.15) is 0 Å². The highest BCUT2D eigenvalue weighted by atomic mass is 16.6. The van der Waals surface area contributed by atoms with Crippen molar-refractivity contribution in [3.63, 3.8) is 0 Å². The Morgan fingerprint density at radius 2 is 2.05 bits per heavy atom. The summed E-state index contributed by atoms with van der Waals surface area (Å²) in [6, 6.07) is 0. The Labute approximate surface area is 113 Å². The predicted octanol–water partition coefficient (Wildman–Crippen LogP) is -2.14. The first-order valence-corrected chi connectivity index (χ1v) is 6.09. The molecule has 2 aromatic rings. The fourth-order valence-corrected chi connectivity index (χ4v) is 2.43. The molecule has 3 rings (SSSR count). The Kier molecular flexibility index (Phi) is 3.05. The average Bonchev–Trinajstić information content (AvgIpc) is 2.99. The van der Waals surface area contributed by atoms with Crippen molar-refractivity contribution < 1.29 is 20.1 Å². The summed E-state index contributed by atoms with van der Waals surface area (Å²) in [5.74, 6) is 0. The Morgan fingerprint density at radius 1 is 1.30 bits per heavy atom. The van der Waals surface area contributed by atoms with Crippen molar-refractivity contribution in [2.45, 2.75) is 24.5 Å². The third-order valence-electron chi connectivity index (χ3n) is 3.48. The molecule has 0 bridgehead atoms. The molecule has 9 nitrogen and oxygen atoms in total. The second kappa shape index (κ2) is 4.63. The summed E-state index contributed by atoms with van der Waals surface area (Å²) >= 11 is 0. The van der Waals surface area contributed by atoms with Gasteiger partial charge in [-0.1, -0.05) is 0 Å². The summed E-state index contributed by atoms with van der Waals surface area (Å²) in [7, 11) is 1.73. The van der Waals surface area contributed by atoms with Crippen molar-refractivity contribution in [1.82, 2.24) is 19.1 Å². The van der Waals surface area contributed by atoms with E-state index in [-0.39, 0.29) is 5.49 Å². The van der Waals surface area contributed by atoms with Crippen molar-refractivity contribution >= 4 is 11.2 Å². The van der Waals surface area contributed by atoms with E-state index in [9.17, 15) is 10.2 Å². The van der Waals surface area contributed by atoms with E-state index in [2.05, 4.69) is 9.97 Å². The number of hydrogen-bond acceptors (Lipinski definition) is 7. The van der Waals surface area contributed by atoms with E-state index in [4.69, 9.17) is 15.3 Å². The zero-order chi connectivity index (χ0) is 14.4. The highest BCUT2D eigenvalue weighted by molar-refractivity contribution is 5.69. The van der Waals surface area contributed by atoms with Gasteiger partial charge >= 0.3 is 0 Å². The third-order valence-corrected chi connectivity index (χ3v) is 3.48. The molecular formula is C11H15N5O4. The number of hydrogen-bond donors (Lipinski definition) is 4. The molecule has 0 unspecified atom stereocenters. The maximum atomic E-state index is 10.0. The summed E-state index contributed by atoms with van der Waals surface area (Å²) in [5.41, 5.74) is 0.927. The average molecular weight is 281 g/mol. The maximum Gasteiger partial charge on any atom is 0.176 e. The van der Waals surface area contributed by atoms with E-state index in [0.717, 1.165) is 0 Å². The van der Waals surface area contributed by atoms with Crippen LogP contribution in [0.15, 0.2) is 12.7 Å². The van der Waals surface area contributed by atoms with Gasteiger partial charge in [-0.25, -0.2) is 9.97 Å². The monoisotopic (exact) mass is 281 g/mol. The Bertz CT molecular complexity index is 696. The van der Waals surface area contributed by atoms with Gasteiger partial charge in [-0.15, -0.1) is 0 Å². The number of nitrogens with one attached hydrogen (secondary N) is 1. The van der Waals surface area contributed by atoms with Gasteiger partial charge in [-0.3, -0.25) is 9.98 Å². The number of aliphatic hydroxyl groups excluding tert-OH is 3. The standard InChI is InChI=1S/C11H15N5O4/c1-15-3-14-9(12)6-10(15)16(4-13-6)11-8(19)7(18)5(2-17)20-11/h3-5,7-8,11-12,17-19H,2H2,1H3/t5-,7-,8-,11+/m1/s1. The molecule has 1 aliphatic rings. The topological polar surface area (TPSA) is 129 Å². The van der Waals surface area contributed by atoms with Crippen LogP contribution >= 0.6 is 0 Å². The third kappa shape index (κ3) is 1.75. The number of nitrogens with zero attached hydrogens (tertiary/aromatic N) is 4. The summed E-state index contributed by atoms with van der Waals surface area (Å²) in [5, 5.41) is 36.7. The number of imidazole rings is 1. The lowest BCUT2D eigenvalue weighted by Crippen LogP contribution is -2.33. The highest BCUT2D eigenvalue weighted by Crippen LogP contribution is 2.30. The van der Waals surface area contributed by atoms with Crippen LogP contribution in [-0.4, -0.2) is 59.3 Å². The smallest absolute Gasteiger partial charge is 0.176 e. The SMILES string of the molecule is Cn1cnc(=N)c2ncn([C@H]3O[C@H](CO)[C@@H](O)[C@H]3O)c21. The van der Waals surface area contributed by atoms with Gasteiger partial charge in [0.05, 0.1) is 19.3 Å². The summed E-state index contributed by atoms with van der Waals surface area (Å²) in [6.45, 7) is -0.390. The van der Waals surface area contributed by atoms with Gasteiger partial charge in [0.1, 0.15) is 29.5 Å². The van der Waals surface area contributed by atoms with Crippen molar-refractivity contribution in [1.29, 1.82) is 5.41 Å². The fourth-order valence-electron chi connectivity index (χ4n) is 2.43. The van der Waals surface area contributed by atoms with Crippen LogP contribution in [-0.2, 0) is 11.8 Å². The number of rotatable bonds is 2. The maximum absolute atomic E-state index is 10.0. The van der Waals surface area contributed by atoms with Crippen molar-refractivity contribution in [2.75, 3.05) is 6.61 Å². The van der Waals surface area contributed by atoms with Gasteiger partial charge < -0.3 is 24.6 Å². The first-order chi connectivity index (χ1) is 9.54. The van der Waals surface area contributed by atoms with Gasteiger partial charge in [0.25, 0.3) is 0 Å². The molecule has 1 saturated heterocycles. The molecule has 2 aromatic heterocycles. The molecule has 0 amide bonds. The zero-order valence-corrected chi connectivity index (χ0v) is 10.7. The van der Waals surface area contributed by atoms with E-state index in [0.29, 0.717) is 11.2 Å². The molecule has 0 spiro atoms. The first kappa shape index (κ1) is 13.2. The summed E-state index contributed by atoms with van der Waals surface area (Å²) in [4.78, 5) is 7.96. The molecule has 4 atom stereocenters. The molecule has 0 aliphatic carbocycles. The lowest BCUT2D eigenvalue weighted by atomic mass is 10.1. The molecule has 4 N–H and O–H groups in total. The molecule has 1 aliphatic heterocycles. The zero-order valence-electron chi connectivity index (χ0n) is 10.7. The van der Waals surface area contributed by atoms with Gasteiger partial charge in [0, 0.05) is 7.05 Å². The number of fused-ring (bicyclic) bond motifs is 1. The van der Waals surface area contributed by atoms with E-state index < -0.39 is 31.1 Å². The summed E-state index contributed by atoms with van der Waals surface area (Å²) in [6.07, 6.45) is -1.21. The van der Waals surface area contributed by atoms with Crippen LogP contribution in [0.2, 0.25) is 0 Å². The number of aryl methyl sites for hydroxylation is 1. The quantitative estimate of drug-likeness (QED) is 0.497. The minimum absolute atomic E-state index is 0.0172. The van der Waals surface area contributed by atoms with Gasteiger partial charge in [0.15, 0.2) is 11.7 Å². The van der Waals surface area contributed by atoms with Crippen LogP contribution in [0.25, 0.3) is 11.2 Å². The van der Waals surface area contributed by atoms with Crippen LogP contribution < -0.4 is 5.49 Å². The van der Waals surface area contributed by atoms with E-state index >= 15 is 0 Å². The second-order valence-electron chi connectivity index (χ2n) is 4.76. The van der Waals surface area contributed by atoms with Crippen LogP contribution in [0.4, 0.5) is 0 Å². The molecule has 108 valence electrons.